The molecule has 2 aromatic heterocycles. The van der Waals surface area contributed by atoms with Crippen LogP contribution in [0.1, 0.15) is 55.1 Å². The maximum atomic E-state index is 12.3. The van der Waals surface area contributed by atoms with Crippen LogP contribution in [0.15, 0.2) is 12.1 Å². The summed E-state index contributed by atoms with van der Waals surface area (Å²) in [6.45, 7) is 6.53. The van der Waals surface area contributed by atoms with Crippen LogP contribution in [0.25, 0.3) is 0 Å². The molecule has 1 aliphatic carbocycles. The lowest BCUT2D eigenvalue weighted by atomic mass is 10.0. The second-order valence-corrected chi connectivity index (χ2v) is 7.68. The maximum absolute atomic E-state index is 12.3. The molecule has 0 atom stereocenters. The van der Waals surface area contributed by atoms with Gasteiger partial charge in [-0.3, -0.25) is 14.6 Å². The van der Waals surface area contributed by atoms with Gasteiger partial charge in [0.15, 0.2) is 5.82 Å². The second kappa shape index (κ2) is 7.13. The number of hydrogen-bond donors (Lipinski definition) is 2. The highest BCUT2D eigenvalue weighted by Gasteiger charge is 2.27. The van der Waals surface area contributed by atoms with Gasteiger partial charge in [0.1, 0.15) is 0 Å². The van der Waals surface area contributed by atoms with Gasteiger partial charge < -0.3 is 10.2 Å². The fourth-order valence-corrected chi connectivity index (χ4v) is 3.75. The van der Waals surface area contributed by atoms with Crippen LogP contribution in [0.5, 0.6) is 0 Å². The third-order valence-electron chi connectivity index (χ3n) is 5.44. The Kier molecular flexibility index (Phi) is 4.70. The van der Waals surface area contributed by atoms with Crippen molar-refractivity contribution in [3.8, 4) is 0 Å². The topological polar surface area (TPSA) is 78.8 Å². The van der Waals surface area contributed by atoms with Crippen LogP contribution in [0, 0.1) is 13.8 Å². The van der Waals surface area contributed by atoms with Crippen LogP contribution >= 0.6 is 0 Å². The van der Waals surface area contributed by atoms with Crippen molar-refractivity contribution in [2.24, 2.45) is 0 Å². The molecule has 0 bridgehead atoms. The molecule has 26 heavy (non-hydrogen) atoms. The Morgan fingerprint density at radius 1 is 1.23 bits per heavy atom. The molecule has 7 nitrogen and oxygen atoms in total. The first-order valence-electron chi connectivity index (χ1n) is 9.69. The Morgan fingerprint density at radius 2 is 2.00 bits per heavy atom. The number of anilines is 1. The van der Waals surface area contributed by atoms with E-state index < -0.39 is 0 Å². The average molecular weight is 356 g/mol. The van der Waals surface area contributed by atoms with E-state index in [9.17, 15) is 4.79 Å². The van der Waals surface area contributed by atoms with Crippen LogP contribution in [-0.4, -0.2) is 45.0 Å². The number of amides is 1. The molecule has 140 valence electrons. The molecular weight excluding hydrogens is 328 g/mol. The molecule has 2 fully saturated rings. The third-order valence-corrected chi connectivity index (χ3v) is 5.44. The SMILES string of the molecule is Cc1cc(C)n(CCC(=O)NC2CCN(c3cc(C4CC4)[nH]n3)CC2)n1. The first kappa shape index (κ1) is 17.1. The predicted molar refractivity (Wildman–Crippen MR) is 100 cm³/mol. The first-order valence-corrected chi connectivity index (χ1v) is 9.69. The Hall–Kier alpha value is -2.31. The van der Waals surface area contributed by atoms with E-state index in [2.05, 4.69) is 31.6 Å². The van der Waals surface area contributed by atoms with Gasteiger partial charge >= 0.3 is 0 Å². The minimum atomic E-state index is 0.117. The van der Waals surface area contributed by atoms with Crippen molar-refractivity contribution in [3.05, 3.63) is 29.2 Å². The number of H-pyrrole nitrogens is 1. The van der Waals surface area contributed by atoms with E-state index in [0.29, 0.717) is 18.9 Å². The van der Waals surface area contributed by atoms with Crippen molar-refractivity contribution >= 4 is 11.7 Å². The summed E-state index contributed by atoms with van der Waals surface area (Å²) in [7, 11) is 0. The zero-order valence-corrected chi connectivity index (χ0v) is 15.7. The quantitative estimate of drug-likeness (QED) is 0.832. The van der Waals surface area contributed by atoms with Crippen molar-refractivity contribution in [2.45, 2.75) is 64.5 Å². The fraction of sp³-hybridized carbons (Fsp3) is 0.632. The normalized spacial score (nSPS) is 18.3. The van der Waals surface area contributed by atoms with Crippen LogP contribution in [0.4, 0.5) is 5.82 Å². The van der Waals surface area contributed by atoms with E-state index in [0.717, 1.165) is 43.1 Å². The number of hydrogen-bond acceptors (Lipinski definition) is 4. The van der Waals surface area contributed by atoms with E-state index in [4.69, 9.17) is 0 Å². The Labute approximate surface area is 154 Å². The van der Waals surface area contributed by atoms with E-state index in [1.807, 2.05) is 24.6 Å². The van der Waals surface area contributed by atoms with Gasteiger partial charge in [0.2, 0.25) is 5.91 Å². The lowest BCUT2D eigenvalue weighted by molar-refractivity contribution is -0.122. The number of piperidine rings is 1. The number of carbonyl (C=O) groups excluding carboxylic acids is 1. The standard InChI is InChI=1S/C19H28N6O/c1-13-11-14(2)25(23-13)10-7-19(26)20-16-5-8-24(9-6-16)18-12-17(21-22-18)15-3-4-15/h11-12,15-16H,3-10H2,1-2H3,(H,20,26)(H,21,22). The van der Waals surface area contributed by atoms with Crippen LogP contribution in [0.2, 0.25) is 0 Å². The molecule has 0 aromatic carbocycles. The molecule has 0 radical (unpaired) electrons. The molecule has 1 saturated heterocycles. The van der Waals surface area contributed by atoms with Gasteiger partial charge in [-0.05, 0) is 45.6 Å². The highest BCUT2D eigenvalue weighted by molar-refractivity contribution is 5.76. The van der Waals surface area contributed by atoms with Crippen molar-refractivity contribution in [3.63, 3.8) is 0 Å². The summed E-state index contributed by atoms with van der Waals surface area (Å²) in [4.78, 5) is 14.6. The molecule has 1 saturated carbocycles. The van der Waals surface area contributed by atoms with Crippen molar-refractivity contribution in [1.82, 2.24) is 25.3 Å². The first-order chi connectivity index (χ1) is 12.6. The number of rotatable bonds is 6. The van der Waals surface area contributed by atoms with Crippen LogP contribution in [0.3, 0.4) is 0 Å². The Bertz CT molecular complexity index is 767. The predicted octanol–water partition coefficient (Wildman–Crippen LogP) is 2.28. The molecule has 7 heteroatoms. The van der Waals surface area contributed by atoms with Gasteiger partial charge in [0.05, 0.1) is 5.69 Å². The summed E-state index contributed by atoms with van der Waals surface area (Å²) in [6.07, 6.45) is 4.99. The highest BCUT2D eigenvalue weighted by Crippen LogP contribution is 2.40. The van der Waals surface area contributed by atoms with E-state index >= 15 is 0 Å². The third kappa shape index (κ3) is 3.92. The zero-order chi connectivity index (χ0) is 18.1. The lowest BCUT2D eigenvalue weighted by Gasteiger charge is -2.32. The average Bonchev–Trinajstić information content (AvgIpc) is 3.26. The van der Waals surface area contributed by atoms with Gasteiger partial charge in [-0.15, -0.1) is 0 Å². The van der Waals surface area contributed by atoms with Gasteiger partial charge in [-0.2, -0.15) is 10.2 Å². The highest BCUT2D eigenvalue weighted by atomic mass is 16.1. The summed E-state index contributed by atoms with van der Waals surface area (Å²) in [5.41, 5.74) is 3.38. The van der Waals surface area contributed by atoms with Crippen molar-refractivity contribution in [1.29, 1.82) is 0 Å². The van der Waals surface area contributed by atoms with Gasteiger partial charge in [0, 0.05) is 55.5 Å². The molecule has 0 spiro atoms. The number of carbonyl (C=O) groups is 1. The monoisotopic (exact) mass is 356 g/mol. The molecular formula is C19H28N6O. The molecule has 2 aromatic rings. The van der Waals surface area contributed by atoms with Crippen molar-refractivity contribution < 1.29 is 4.79 Å². The molecule has 0 unspecified atom stereocenters. The minimum Gasteiger partial charge on any atom is -0.355 e. The smallest absolute Gasteiger partial charge is 0.222 e. The lowest BCUT2D eigenvalue weighted by Crippen LogP contribution is -2.45. The maximum Gasteiger partial charge on any atom is 0.222 e. The molecule has 1 aliphatic heterocycles. The number of aromatic nitrogens is 4. The second-order valence-electron chi connectivity index (χ2n) is 7.68. The molecule has 4 rings (SSSR count). The van der Waals surface area contributed by atoms with Gasteiger partial charge in [0.25, 0.3) is 0 Å². The van der Waals surface area contributed by atoms with Crippen molar-refractivity contribution in [2.75, 3.05) is 18.0 Å². The summed E-state index contributed by atoms with van der Waals surface area (Å²) in [5, 5.41) is 15.2. The van der Waals surface area contributed by atoms with Gasteiger partial charge in [-0.1, -0.05) is 0 Å². The number of aryl methyl sites for hydroxylation is 3. The van der Waals surface area contributed by atoms with Gasteiger partial charge in [-0.25, -0.2) is 0 Å². The van der Waals surface area contributed by atoms with Crippen LogP contribution < -0.4 is 10.2 Å². The minimum absolute atomic E-state index is 0.117. The zero-order valence-electron chi connectivity index (χ0n) is 15.7. The van der Waals surface area contributed by atoms with E-state index in [1.165, 1.54) is 18.5 Å². The number of nitrogens with zero attached hydrogens (tertiary/aromatic N) is 4. The number of nitrogens with one attached hydrogen (secondary N) is 2. The molecule has 2 aliphatic rings. The summed E-state index contributed by atoms with van der Waals surface area (Å²) < 4.78 is 1.91. The van der Waals surface area contributed by atoms with E-state index in [-0.39, 0.29) is 11.9 Å². The summed E-state index contributed by atoms with van der Waals surface area (Å²) in [6, 6.07) is 4.50. The summed E-state index contributed by atoms with van der Waals surface area (Å²) >= 11 is 0. The van der Waals surface area contributed by atoms with E-state index in [1.54, 1.807) is 0 Å². The Morgan fingerprint density at radius 3 is 2.65 bits per heavy atom. The fourth-order valence-electron chi connectivity index (χ4n) is 3.75. The molecule has 2 N–H and O–H groups in total. The molecule has 1 amide bonds. The Balaban J connectivity index is 1.21. The largest absolute Gasteiger partial charge is 0.355 e. The number of aromatic amines is 1. The summed E-state index contributed by atoms with van der Waals surface area (Å²) in [5.74, 6) is 1.88. The van der Waals surface area contributed by atoms with Crippen LogP contribution in [-0.2, 0) is 11.3 Å². The molecule has 3 heterocycles.